The molecule has 1 nitrogen and oxygen atoms in total. The highest BCUT2D eigenvalue weighted by molar-refractivity contribution is 7.10. The SMILES string of the molecule is CCCC(CN)c1cccs1. The molecule has 0 spiro atoms. The first kappa shape index (κ1) is 8.75. The zero-order chi connectivity index (χ0) is 8.10. The molecule has 0 aromatic carbocycles. The number of thiophene rings is 1. The van der Waals surface area contributed by atoms with Crippen LogP contribution in [0.25, 0.3) is 0 Å². The van der Waals surface area contributed by atoms with Crippen molar-refractivity contribution in [2.75, 3.05) is 6.54 Å². The Kier molecular flexibility index (Phi) is 3.60. The molecular weight excluding hydrogens is 154 g/mol. The van der Waals surface area contributed by atoms with Crippen LogP contribution in [0.4, 0.5) is 0 Å². The fourth-order valence-electron chi connectivity index (χ4n) is 1.25. The highest BCUT2D eigenvalue weighted by Gasteiger charge is 2.08. The summed E-state index contributed by atoms with van der Waals surface area (Å²) >= 11 is 1.82. The molecule has 0 radical (unpaired) electrons. The van der Waals surface area contributed by atoms with Crippen molar-refractivity contribution in [2.24, 2.45) is 5.73 Å². The summed E-state index contributed by atoms with van der Waals surface area (Å²) < 4.78 is 0. The van der Waals surface area contributed by atoms with Crippen molar-refractivity contribution in [2.45, 2.75) is 25.7 Å². The molecule has 0 bridgehead atoms. The van der Waals surface area contributed by atoms with Crippen LogP contribution in [0.3, 0.4) is 0 Å². The van der Waals surface area contributed by atoms with Crippen molar-refractivity contribution >= 4 is 11.3 Å². The third-order valence-corrected chi connectivity index (χ3v) is 2.90. The van der Waals surface area contributed by atoms with Gasteiger partial charge in [-0.05, 0) is 24.4 Å². The maximum Gasteiger partial charge on any atom is 0.00887 e. The Bertz CT molecular complexity index is 181. The Hall–Kier alpha value is -0.340. The van der Waals surface area contributed by atoms with Gasteiger partial charge in [-0.3, -0.25) is 0 Å². The maximum absolute atomic E-state index is 5.66. The quantitative estimate of drug-likeness (QED) is 0.736. The van der Waals surface area contributed by atoms with Gasteiger partial charge >= 0.3 is 0 Å². The molecule has 0 amide bonds. The lowest BCUT2D eigenvalue weighted by atomic mass is 10.0. The van der Waals surface area contributed by atoms with Crippen LogP contribution in [0.5, 0.6) is 0 Å². The van der Waals surface area contributed by atoms with E-state index in [2.05, 4.69) is 24.4 Å². The molecule has 0 aliphatic rings. The summed E-state index contributed by atoms with van der Waals surface area (Å²) in [5, 5.41) is 2.12. The average molecular weight is 169 g/mol. The second kappa shape index (κ2) is 4.52. The lowest BCUT2D eigenvalue weighted by Crippen LogP contribution is -2.10. The van der Waals surface area contributed by atoms with Crippen molar-refractivity contribution in [3.63, 3.8) is 0 Å². The first-order valence-electron chi connectivity index (χ1n) is 4.12. The molecule has 1 atom stereocenters. The fourth-order valence-corrected chi connectivity index (χ4v) is 2.13. The minimum Gasteiger partial charge on any atom is -0.330 e. The topological polar surface area (TPSA) is 26.0 Å². The highest BCUT2D eigenvalue weighted by atomic mass is 32.1. The molecule has 1 rings (SSSR count). The molecule has 0 saturated carbocycles. The van der Waals surface area contributed by atoms with Gasteiger partial charge in [-0.25, -0.2) is 0 Å². The highest BCUT2D eigenvalue weighted by Crippen LogP contribution is 2.24. The molecule has 1 unspecified atom stereocenters. The first-order chi connectivity index (χ1) is 5.38. The van der Waals surface area contributed by atoms with Crippen LogP contribution < -0.4 is 5.73 Å². The van der Waals surface area contributed by atoms with E-state index in [9.17, 15) is 0 Å². The van der Waals surface area contributed by atoms with Gasteiger partial charge in [0.25, 0.3) is 0 Å². The third-order valence-electron chi connectivity index (χ3n) is 1.87. The molecule has 0 fully saturated rings. The summed E-state index contributed by atoms with van der Waals surface area (Å²) in [5.41, 5.74) is 5.66. The van der Waals surface area contributed by atoms with Crippen molar-refractivity contribution in [3.05, 3.63) is 22.4 Å². The van der Waals surface area contributed by atoms with Crippen molar-refractivity contribution in [3.8, 4) is 0 Å². The van der Waals surface area contributed by atoms with E-state index in [1.165, 1.54) is 17.7 Å². The van der Waals surface area contributed by atoms with Crippen LogP contribution >= 0.6 is 11.3 Å². The van der Waals surface area contributed by atoms with E-state index in [0.717, 1.165) is 6.54 Å². The Morgan fingerprint density at radius 3 is 2.91 bits per heavy atom. The Morgan fingerprint density at radius 2 is 2.45 bits per heavy atom. The van der Waals surface area contributed by atoms with Crippen LogP contribution in [0.2, 0.25) is 0 Å². The second-order valence-corrected chi connectivity index (χ2v) is 3.72. The Labute approximate surface area is 72.2 Å². The number of rotatable bonds is 4. The maximum atomic E-state index is 5.66. The van der Waals surface area contributed by atoms with Gasteiger partial charge in [0.05, 0.1) is 0 Å². The lowest BCUT2D eigenvalue weighted by molar-refractivity contribution is 0.632. The van der Waals surface area contributed by atoms with Crippen LogP contribution in [-0.4, -0.2) is 6.54 Å². The predicted molar refractivity (Wildman–Crippen MR) is 51.0 cm³/mol. The van der Waals surface area contributed by atoms with Gasteiger partial charge in [-0.15, -0.1) is 11.3 Å². The van der Waals surface area contributed by atoms with E-state index < -0.39 is 0 Å². The lowest BCUT2D eigenvalue weighted by Gasteiger charge is -2.10. The van der Waals surface area contributed by atoms with E-state index in [-0.39, 0.29) is 0 Å². The summed E-state index contributed by atoms with van der Waals surface area (Å²) in [7, 11) is 0. The molecule has 2 N–H and O–H groups in total. The molecule has 0 saturated heterocycles. The van der Waals surface area contributed by atoms with E-state index >= 15 is 0 Å². The average Bonchev–Trinajstić information content (AvgIpc) is 2.52. The molecule has 0 aliphatic carbocycles. The van der Waals surface area contributed by atoms with Gasteiger partial charge in [0, 0.05) is 10.8 Å². The third kappa shape index (κ3) is 2.31. The van der Waals surface area contributed by atoms with Crippen molar-refractivity contribution in [1.82, 2.24) is 0 Å². The molecule has 1 aromatic heterocycles. The second-order valence-electron chi connectivity index (χ2n) is 2.74. The van der Waals surface area contributed by atoms with Gasteiger partial charge in [0.2, 0.25) is 0 Å². The van der Waals surface area contributed by atoms with Crippen LogP contribution in [0.15, 0.2) is 17.5 Å². The van der Waals surface area contributed by atoms with Crippen LogP contribution in [0, 0.1) is 0 Å². The zero-order valence-electron chi connectivity index (χ0n) is 6.92. The molecule has 62 valence electrons. The number of nitrogens with two attached hydrogens (primary N) is 1. The standard InChI is InChI=1S/C9H15NS/c1-2-4-8(7-10)9-5-3-6-11-9/h3,5-6,8H,2,4,7,10H2,1H3. The van der Waals surface area contributed by atoms with Crippen molar-refractivity contribution < 1.29 is 0 Å². The van der Waals surface area contributed by atoms with E-state index in [0.29, 0.717) is 5.92 Å². The number of hydrogen-bond donors (Lipinski definition) is 1. The van der Waals surface area contributed by atoms with E-state index in [1.54, 1.807) is 0 Å². The summed E-state index contributed by atoms with van der Waals surface area (Å²) in [5.74, 6) is 0.597. The van der Waals surface area contributed by atoms with Gasteiger partial charge in [0.15, 0.2) is 0 Å². The normalized spacial score (nSPS) is 13.3. The van der Waals surface area contributed by atoms with Gasteiger partial charge in [0.1, 0.15) is 0 Å². The Morgan fingerprint density at radius 1 is 1.64 bits per heavy atom. The van der Waals surface area contributed by atoms with Gasteiger partial charge in [-0.1, -0.05) is 19.4 Å². The first-order valence-corrected chi connectivity index (χ1v) is 5.00. The molecule has 11 heavy (non-hydrogen) atoms. The van der Waals surface area contributed by atoms with Crippen molar-refractivity contribution in [1.29, 1.82) is 0 Å². The fraction of sp³-hybridized carbons (Fsp3) is 0.556. The molecule has 0 aliphatic heterocycles. The monoisotopic (exact) mass is 169 g/mol. The summed E-state index contributed by atoms with van der Waals surface area (Å²) in [6, 6.07) is 4.27. The van der Waals surface area contributed by atoms with E-state index in [4.69, 9.17) is 5.73 Å². The van der Waals surface area contributed by atoms with E-state index in [1.807, 2.05) is 11.3 Å². The largest absolute Gasteiger partial charge is 0.330 e. The van der Waals surface area contributed by atoms with Gasteiger partial charge < -0.3 is 5.73 Å². The summed E-state index contributed by atoms with van der Waals surface area (Å²) in [6.07, 6.45) is 2.44. The predicted octanol–water partition coefficient (Wildman–Crippen LogP) is 2.59. The summed E-state index contributed by atoms with van der Waals surface area (Å²) in [6.45, 7) is 2.99. The minimum atomic E-state index is 0.597. The number of hydrogen-bond acceptors (Lipinski definition) is 2. The molecular formula is C9H15NS. The molecule has 1 heterocycles. The van der Waals surface area contributed by atoms with Crippen LogP contribution in [0.1, 0.15) is 30.6 Å². The Balaban J connectivity index is 2.56. The van der Waals surface area contributed by atoms with Crippen LogP contribution in [-0.2, 0) is 0 Å². The summed E-state index contributed by atoms with van der Waals surface area (Å²) in [4.78, 5) is 1.44. The minimum absolute atomic E-state index is 0.597. The molecule has 1 aromatic rings. The smallest absolute Gasteiger partial charge is 0.00887 e. The zero-order valence-corrected chi connectivity index (χ0v) is 7.73. The van der Waals surface area contributed by atoms with Gasteiger partial charge in [-0.2, -0.15) is 0 Å². The molecule has 2 heteroatoms.